The maximum atomic E-state index is 11.5. The Hall–Kier alpha value is -2.54. The zero-order valence-corrected chi connectivity index (χ0v) is 9.23. The van der Waals surface area contributed by atoms with Crippen LogP contribution in [0.1, 0.15) is 5.56 Å². The van der Waals surface area contributed by atoms with Gasteiger partial charge in [0.05, 0.1) is 12.7 Å². The van der Waals surface area contributed by atoms with E-state index in [4.69, 9.17) is 5.26 Å². The molecular formula is C13H10N2O2. The van der Waals surface area contributed by atoms with Crippen molar-refractivity contribution in [2.45, 2.75) is 0 Å². The van der Waals surface area contributed by atoms with Gasteiger partial charge in [-0.05, 0) is 17.7 Å². The van der Waals surface area contributed by atoms with Crippen LogP contribution >= 0.6 is 0 Å². The van der Waals surface area contributed by atoms with Crippen molar-refractivity contribution < 1.29 is 9.53 Å². The second-order valence-corrected chi connectivity index (χ2v) is 3.44. The van der Waals surface area contributed by atoms with Crippen LogP contribution in [0.5, 0.6) is 0 Å². The SMILES string of the molecule is COC(=O)C1=C(C#N)Nc2ccccc2C=C1. The van der Waals surface area contributed by atoms with Gasteiger partial charge in [-0.15, -0.1) is 0 Å². The topological polar surface area (TPSA) is 62.1 Å². The van der Waals surface area contributed by atoms with Crippen molar-refractivity contribution in [3.8, 4) is 6.07 Å². The number of methoxy groups -OCH3 is 1. The third-order valence-corrected chi connectivity index (χ3v) is 2.44. The molecule has 0 aliphatic carbocycles. The fraction of sp³-hybridized carbons (Fsp3) is 0.0769. The van der Waals surface area contributed by atoms with Gasteiger partial charge in [-0.25, -0.2) is 4.79 Å². The Balaban J connectivity index is 2.51. The number of ether oxygens (including phenoxy) is 1. The molecule has 0 unspecified atom stereocenters. The molecule has 1 aromatic carbocycles. The summed E-state index contributed by atoms with van der Waals surface area (Å²) in [6.45, 7) is 0. The molecule has 0 saturated heterocycles. The summed E-state index contributed by atoms with van der Waals surface area (Å²) in [5, 5.41) is 12.0. The Labute approximate surface area is 98.8 Å². The second-order valence-electron chi connectivity index (χ2n) is 3.44. The number of nitrogens with one attached hydrogen (secondary N) is 1. The van der Waals surface area contributed by atoms with Crippen LogP contribution in [-0.4, -0.2) is 13.1 Å². The van der Waals surface area contributed by atoms with Crippen molar-refractivity contribution >= 4 is 17.7 Å². The molecule has 1 aromatic rings. The molecule has 0 atom stereocenters. The number of hydrogen-bond donors (Lipinski definition) is 1. The van der Waals surface area contributed by atoms with Crippen LogP contribution in [0.3, 0.4) is 0 Å². The number of anilines is 1. The molecule has 84 valence electrons. The number of para-hydroxylation sites is 1. The number of benzene rings is 1. The fourth-order valence-corrected chi connectivity index (χ4v) is 1.58. The molecule has 0 radical (unpaired) electrons. The molecule has 1 N–H and O–H groups in total. The van der Waals surface area contributed by atoms with E-state index in [-0.39, 0.29) is 11.3 Å². The van der Waals surface area contributed by atoms with Crippen molar-refractivity contribution in [3.63, 3.8) is 0 Å². The number of carbonyl (C=O) groups is 1. The Morgan fingerprint density at radius 2 is 2.12 bits per heavy atom. The van der Waals surface area contributed by atoms with Crippen LogP contribution in [0.25, 0.3) is 6.08 Å². The molecule has 1 aliphatic heterocycles. The lowest BCUT2D eigenvalue weighted by Crippen LogP contribution is -2.09. The molecule has 1 heterocycles. The van der Waals surface area contributed by atoms with Gasteiger partial charge >= 0.3 is 5.97 Å². The van der Waals surface area contributed by atoms with Crippen LogP contribution < -0.4 is 5.32 Å². The van der Waals surface area contributed by atoms with Crippen molar-refractivity contribution in [2.24, 2.45) is 0 Å². The number of fused-ring (bicyclic) bond motifs is 1. The lowest BCUT2D eigenvalue weighted by atomic mass is 10.1. The third-order valence-electron chi connectivity index (χ3n) is 2.44. The van der Waals surface area contributed by atoms with E-state index in [0.717, 1.165) is 11.3 Å². The molecule has 1 aliphatic rings. The summed E-state index contributed by atoms with van der Waals surface area (Å²) in [5.41, 5.74) is 2.13. The summed E-state index contributed by atoms with van der Waals surface area (Å²) in [6, 6.07) is 9.46. The van der Waals surface area contributed by atoms with Crippen LogP contribution in [0.4, 0.5) is 5.69 Å². The first-order chi connectivity index (χ1) is 8.26. The summed E-state index contributed by atoms with van der Waals surface area (Å²) in [4.78, 5) is 11.5. The van der Waals surface area contributed by atoms with Gasteiger partial charge in [0.2, 0.25) is 0 Å². The molecule has 17 heavy (non-hydrogen) atoms. The first-order valence-electron chi connectivity index (χ1n) is 5.03. The Morgan fingerprint density at radius 1 is 1.35 bits per heavy atom. The summed E-state index contributed by atoms with van der Waals surface area (Å²) in [7, 11) is 1.29. The minimum absolute atomic E-state index is 0.193. The number of hydrogen-bond acceptors (Lipinski definition) is 4. The Bertz CT molecular complexity index is 565. The average Bonchev–Trinajstić information content (AvgIpc) is 2.56. The molecule has 0 amide bonds. The minimum atomic E-state index is -0.530. The average molecular weight is 226 g/mol. The summed E-state index contributed by atoms with van der Waals surface area (Å²) >= 11 is 0. The zero-order chi connectivity index (χ0) is 12.3. The first-order valence-corrected chi connectivity index (χ1v) is 5.03. The number of nitrogens with zero attached hydrogens (tertiary/aromatic N) is 1. The highest BCUT2D eigenvalue weighted by Gasteiger charge is 2.17. The van der Waals surface area contributed by atoms with E-state index in [1.807, 2.05) is 30.3 Å². The van der Waals surface area contributed by atoms with Gasteiger partial charge in [0, 0.05) is 5.69 Å². The molecule has 4 heteroatoms. The number of allylic oxidation sites excluding steroid dienone is 1. The number of carbonyl (C=O) groups excluding carboxylic acids is 1. The van der Waals surface area contributed by atoms with Crippen LogP contribution in [0, 0.1) is 11.3 Å². The van der Waals surface area contributed by atoms with Gasteiger partial charge in [-0.2, -0.15) is 5.26 Å². The maximum Gasteiger partial charge on any atom is 0.340 e. The number of esters is 1. The van der Waals surface area contributed by atoms with E-state index in [9.17, 15) is 4.79 Å². The monoisotopic (exact) mass is 226 g/mol. The van der Waals surface area contributed by atoms with Crippen LogP contribution in [0.2, 0.25) is 0 Å². The van der Waals surface area contributed by atoms with Crippen molar-refractivity contribution in [1.82, 2.24) is 0 Å². The van der Waals surface area contributed by atoms with E-state index < -0.39 is 5.97 Å². The Morgan fingerprint density at radius 3 is 2.82 bits per heavy atom. The maximum absolute atomic E-state index is 11.5. The van der Waals surface area contributed by atoms with E-state index in [1.165, 1.54) is 7.11 Å². The molecule has 4 nitrogen and oxygen atoms in total. The highest BCUT2D eigenvalue weighted by Crippen LogP contribution is 2.24. The van der Waals surface area contributed by atoms with Crippen molar-refractivity contribution in [3.05, 3.63) is 47.2 Å². The minimum Gasteiger partial charge on any atom is -0.465 e. The largest absolute Gasteiger partial charge is 0.465 e. The first kappa shape index (κ1) is 11.0. The normalized spacial score (nSPS) is 13.2. The highest BCUT2D eigenvalue weighted by molar-refractivity contribution is 5.96. The lowest BCUT2D eigenvalue weighted by molar-refractivity contribution is -0.135. The molecular weight excluding hydrogens is 216 g/mol. The number of rotatable bonds is 1. The molecule has 0 aromatic heterocycles. The van der Waals surface area contributed by atoms with Crippen molar-refractivity contribution in [1.29, 1.82) is 5.26 Å². The quantitative estimate of drug-likeness (QED) is 0.744. The summed E-state index contributed by atoms with van der Waals surface area (Å²) in [5.74, 6) is -0.530. The van der Waals surface area contributed by atoms with Crippen LogP contribution in [0.15, 0.2) is 41.6 Å². The molecule has 0 fully saturated rings. The van der Waals surface area contributed by atoms with E-state index in [0.29, 0.717) is 0 Å². The molecule has 2 rings (SSSR count). The van der Waals surface area contributed by atoms with E-state index in [1.54, 1.807) is 12.2 Å². The van der Waals surface area contributed by atoms with Gasteiger partial charge in [0.1, 0.15) is 11.8 Å². The fourth-order valence-electron chi connectivity index (χ4n) is 1.58. The van der Waals surface area contributed by atoms with E-state index in [2.05, 4.69) is 10.1 Å². The molecule has 0 saturated carbocycles. The second kappa shape index (κ2) is 4.54. The standard InChI is InChI=1S/C13H10N2O2/c1-17-13(16)10-7-6-9-4-2-3-5-11(9)15-12(10)8-14/h2-7,15H,1H3. The van der Waals surface area contributed by atoms with Gasteiger partial charge in [-0.3, -0.25) is 0 Å². The van der Waals surface area contributed by atoms with E-state index >= 15 is 0 Å². The lowest BCUT2D eigenvalue weighted by Gasteiger charge is -2.07. The van der Waals surface area contributed by atoms with Gasteiger partial charge in [0.25, 0.3) is 0 Å². The Kier molecular flexibility index (Phi) is 2.93. The summed E-state index contributed by atoms with van der Waals surface area (Å²) in [6.07, 6.45) is 3.36. The van der Waals surface area contributed by atoms with Crippen LogP contribution in [-0.2, 0) is 9.53 Å². The van der Waals surface area contributed by atoms with Crippen molar-refractivity contribution in [2.75, 3.05) is 12.4 Å². The zero-order valence-electron chi connectivity index (χ0n) is 9.23. The van der Waals surface area contributed by atoms with Gasteiger partial charge < -0.3 is 10.1 Å². The third kappa shape index (κ3) is 2.04. The molecule has 0 spiro atoms. The summed E-state index contributed by atoms with van der Waals surface area (Å²) < 4.78 is 4.64. The van der Waals surface area contributed by atoms with Gasteiger partial charge in [0.15, 0.2) is 0 Å². The van der Waals surface area contributed by atoms with Gasteiger partial charge in [-0.1, -0.05) is 24.3 Å². The predicted molar refractivity (Wildman–Crippen MR) is 63.8 cm³/mol. The number of nitriles is 1. The predicted octanol–water partition coefficient (Wildman–Crippen LogP) is 2.08. The smallest absolute Gasteiger partial charge is 0.340 e. The molecule has 0 bridgehead atoms. The highest BCUT2D eigenvalue weighted by atomic mass is 16.5.